The fourth-order valence-electron chi connectivity index (χ4n) is 2.15. The number of rotatable bonds is 8. The van der Waals surface area contributed by atoms with Crippen LogP contribution in [0.15, 0.2) is 30.9 Å². The fourth-order valence-corrected chi connectivity index (χ4v) is 2.28. The van der Waals surface area contributed by atoms with Crippen molar-refractivity contribution in [3.8, 4) is 17.2 Å². The Balaban J connectivity index is 1.78. The number of hydrogen-bond acceptors (Lipinski definition) is 9. The first-order valence-corrected chi connectivity index (χ1v) is 7.92. The van der Waals surface area contributed by atoms with E-state index in [-0.39, 0.29) is 5.28 Å². The number of hydrogen-bond donors (Lipinski definition) is 1. The lowest BCUT2D eigenvalue weighted by Gasteiger charge is -2.16. The van der Waals surface area contributed by atoms with Crippen molar-refractivity contribution in [3.63, 3.8) is 0 Å². The Morgan fingerprint density at radius 1 is 1.15 bits per heavy atom. The van der Waals surface area contributed by atoms with Crippen LogP contribution in [-0.4, -0.2) is 50.8 Å². The van der Waals surface area contributed by atoms with Gasteiger partial charge in [0.2, 0.25) is 17.0 Å². The topological polar surface area (TPSA) is 109 Å². The quantitative estimate of drug-likeness (QED) is 0.629. The summed E-state index contributed by atoms with van der Waals surface area (Å²) in [5.74, 6) is 1.76. The van der Waals surface area contributed by atoms with E-state index in [4.69, 9.17) is 25.8 Å². The molecule has 26 heavy (non-hydrogen) atoms. The van der Waals surface area contributed by atoms with Crippen molar-refractivity contribution < 1.29 is 14.2 Å². The SMILES string of the molecule is COc1cc(Nc2ncnc(Cl)n2)cc(OC)c1OCCn1ccnn1. The summed E-state index contributed by atoms with van der Waals surface area (Å²) >= 11 is 5.77. The minimum Gasteiger partial charge on any atom is -0.493 e. The molecule has 0 amide bonds. The van der Waals surface area contributed by atoms with Gasteiger partial charge in [0, 0.05) is 24.0 Å². The van der Waals surface area contributed by atoms with Gasteiger partial charge in [-0.1, -0.05) is 5.21 Å². The van der Waals surface area contributed by atoms with E-state index in [9.17, 15) is 0 Å². The van der Waals surface area contributed by atoms with Crippen molar-refractivity contribution >= 4 is 23.2 Å². The normalized spacial score (nSPS) is 10.4. The van der Waals surface area contributed by atoms with Gasteiger partial charge in [-0.15, -0.1) is 5.10 Å². The van der Waals surface area contributed by atoms with Gasteiger partial charge >= 0.3 is 0 Å². The van der Waals surface area contributed by atoms with Crippen molar-refractivity contribution in [2.75, 3.05) is 26.1 Å². The summed E-state index contributed by atoms with van der Waals surface area (Å²) in [5.41, 5.74) is 0.643. The van der Waals surface area contributed by atoms with E-state index < -0.39 is 0 Å². The first kappa shape index (κ1) is 17.7. The van der Waals surface area contributed by atoms with Gasteiger partial charge in [0.05, 0.1) is 27.0 Å². The van der Waals surface area contributed by atoms with Gasteiger partial charge in [0.15, 0.2) is 11.5 Å². The molecule has 0 aliphatic rings. The maximum absolute atomic E-state index is 5.82. The second-order valence-electron chi connectivity index (χ2n) is 4.93. The zero-order chi connectivity index (χ0) is 18.4. The average molecular weight is 378 g/mol. The number of methoxy groups -OCH3 is 2. The molecule has 2 aromatic heterocycles. The third-order valence-corrected chi connectivity index (χ3v) is 3.48. The van der Waals surface area contributed by atoms with E-state index in [1.54, 1.807) is 43.4 Å². The zero-order valence-corrected chi connectivity index (χ0v) is 14.8. The lowest BCUT2D eigenvalue weighted by molar-refractivity contribution is 0.258. The molecule has 1 N–H and O–H groups in total. The van der Waals surface area contributed by atoms with Crippen molar-refractivity contribution in [1.82, 2.24) is 29.9 Å². The minimum atomic E-state index is 0.0921. The monoisotopic (exact) mass is 377 g/mol. The van der Waals surface area contributed by atoms with Gasteiger partial charge in [-0.2, -0.15) is 4.98 Å². The lowest BCUT2D eigenvalue weighted by atomic mass is 10.2. The van der Waals surface area contributed by atoms with Crippen LogP contribution in [0.5, 0.6) is 17.2 Å². The van der Waals surface area contributed by atoms with E-state index in [0.717, 1.165) is 0 Å². The largest absolute Gasteiger partial charge is 0.493 e. The molecule has 0 radical (unpaired) electrons. The predicted octanol–water partition coefficient (Wildman–Crippen LogP) is 1.96. The Bertz CT molecular complexity index is 835. The zero-order valence-electron chi connectivity index (χ0n) is 14.1. The van der Waals surface area contributed by atoms with Crippen LogP contribution in [0.2, 0.25) is 5.28 Å². The Kier molecular flexibility index (Phi) is 5.64. The molecule has 0 spiro atoms. The highest BCUT2D eigenvalue weighted by Gasteiger charge is 2.15. The van der Waals surface area contributed by atoms with Crippen molar-refractivity contribution in [2.24, 2.45) is 0 Å². The molecule has 3 aromatic rings. The molecular weight excluding hydrogens is 362 g/mol. The number of aromatic nitrogens is 6. The second kappa shape index (κ2) is 8.30. The van der Waals surface area contributed by atoms with Gasteiger partial charge in [-0.25, -0.2) is 14.6 Å². The molecule has 0 saturated carbocycles. The molecule has 0 aliphatic carbocycles. The van der Waals surface area contributed by atoms with E-state index >= 15 is 0 Å². The van der Waals surface area contributed by atoms with Crippen LogP contribution in [0.1, 0.15) is 0 Å². The average Bonchev–Trinajstić information content (AvgIpc) is 3.15. The molecule has 0 saturated heterocycles. The summed E-state index contributed by atoms with van der Waals surface area (Å²) in [7, 11) is 3.09. The van der Waals surface area contributed by atoms with Crippen molar-refractivity contribution in [1.29, 1.82) is 0 Å². The van der Waals surface area contributed by atoms with Crippen LogP contribution in [0, 0.1) is 0 Å². The lowest BCUT2D eigenvalue weighted by Crippen LogP contribution is -2.10. The second-order valence-corrected chi connectivity index (χ2v) is 5.27. The number of nitrogens with zero attached hydrogens (tertiary/aromatic N) is 6. The Labute approximate surface area is 154 Å². The molecule has 11 heteroatoms. The Hall–Kier alpha value is -3.14. The smallest absolute Gasteiger partial charge is 0.231 e. The summed E-state index contributed by atoms with van der Waals surface area (Å²) in [6.07, 6.45) is 4.67. The first-order valence-electron chi connectivity index (χ1n) is 7.54. The Morgan fingerprint density at radius 2 is 1.92 bits per heavy atom. The molecule has 0 fully saturated rings. The van der Waals surface area contributed by atoms with Gasteiger partial charge < -0.3 is 19.5 Å². The summed E-state index contributed by atoms with van der Waals surface area (Å²) in [6, 6.07) is 3.48. The molecule has 0 aliphatic heterocycles. The summed E-state index contributed by atoms with van der Waals surface area (Å²) < 4.78 is 18.3. The van der Waals surface area contributed by atoms with E-state index in [1.807, 2.05) is 0 Å². The Morgan fingerprint density at radius 3 is 2.54 bits per heavy atom. The molecule has 0 atom stereocenters. The highest BCUT2D eigenvalue weighted by molar-refractivity contribution is 6.28. The molecule has 1 aromatic carbocycles. The molecule has 136 valence electrons. The molecule has 2 heterocycles. The number of nitrogens with one attached hydrogen (secondary N) is 1. The maximum atomic E-state index is 5.82. The van der Waals surface area contributed by atoms with Gasteiger partial charge in [0.1, 0.15) is 12.9 Å². The van der Waals surface area contributed by atoms with E-state index in [0.29, 0.717) is 42.0 Å². The molecule has 0 bridgehead atoms. The summed E-state index contributed by atoms with van der Waals surface area (Å²) in [5, 5.41) is 10.7. The van der Waals surface area contributed by atoms with Gasteiger partial charge in [-0.3, -0.25) is 0 Å². The van der Waals surface area contributed by atoms with Crippen molar-refractivity contribution in [3.05, 3.63) is 36.1 Å². The van der Waals surface area contributed by atoms with Gasteiger partial charge in [-0.05, 0) is 11.6 Å². The molecular formula is C15H16ClN7O3. The first-order chi connectivity index (χ1) is 12.7. The highest BCUT2D eigenvalue weighted by atomic mass is 35.5. The van der Waals surface area contributed by atoms with Crippen LogP contribution >= 0.6 is 11.6 Å². The summed E-state index contributed by atoms with van der Waals surface area (Å²) in [4.78, 5) is 11.7. The van der Waals surface area contributed by atoms with E-state index in [1.165, 1.54) is 6.33 Å². The van der Waals surface area contributed by atoms with Crippen LogP contribution in [0.4, 0.5) is 11.6 Å². The van der Waals surface area contributed by atoms with E-state index in [2.05, 4.69) is 30.6 Å². The molecule has 0 unspecified atom stereocenters. The number of ether oxygens (including phenoxy) is 3. The molecule has 3 rings (SSSR count). The van der Waals surface area contributed by atoms with Crippen molar-refractivity contribution in [2.45, 2.75) is 6.54 Å². The van der Waals surface area contributed by atoms with Crippen LogP contribution < -0.4 is 19.5 Å². The van der Waals surface area contributed by atoms with Crippen LogP contribution in [0.3, 0.4) is 0 Å². The highest BCUT2D eigenvalue weighted by Crippen LogP contribution is 2.40. The van der Waals surface area contributed by atoms with Crippen LogP contribution in [-0.2, 0) is 6.54 Å². The van der Waals surface area contributed by atoms with Crippen LogP contribution in [0.25, 0.3) is 0 Å². The maximum Gasteiger partial charge on any atom is 0.231 e. The number of anilines is 2. The number of halogens is 1. The summed E-state index contributed by atoms with van der Waals surface area (Å²) in [6.45, 7) is 0.904. The number of benzene rings is 1. The predicted molar refractivity (Wildman–Crippen MR) is 93.2 cm³/mol. The third-order valence-electron chi connectivity index (χ3n) is 3.30. The third kappa shape index (κ3) is 4.28. The fraction of sp³-hybridized carbons (Fsp3) is 0.267. The van der Waals surface area contributed by atoms with Gasteiger partial charge in [0.25, 0.3) is 0 Å². The standard InChI is InChI=1S/C15H16ClN7O3/c1-24-11-7-10(20-15-18-9-17-14(16)21-15)8-12(25-2)13(11)26-6-5-23-4-3-19-22-23/h3-4,7-9H,5-6H2,1-2H3,(H,17,18,20,21). The molecule has 10 nitrogen and oxygen atoms in total. The minimum absolute atomic E-state index is 0.0921.